The Labute approximate surface area is 190 Å². The summed E-state index contributed by atoms with van der Waals surface area (Å²) in [4.78, 5) is 24.5. The third-order valence-electron chi connectivity index (χ3n) is 4.92. The maximum absolute atomic E-state index is 12.4. The van der Waals surface area contributed by atoms with Gasteiger partial charge in [-0.05, 0) is 35.0 Å². The summed E-state index contributed by atoms with van der Waals surface area (Å²) in [5, 5.41) is 17.0. The first kappa shape index (κ1) is 21.6. The minimum atomic E-state index is -0.114. The molecule has 4 rings (SSSR count). The maximum Gasteiger partial charge on any atom is 0.234 e. The zero-order chi connectivity index (χ0) is 22.3. The molecular formula is C24H23N5O2S. The van der Waals surface area contributed by atoms with Gasteiger partial charge in [-0.3, -0.25) is 9.59 Å². The lowest BCUT2D eigenvalue weighted by Gasteiger charge is -2.07. The summed E-state index contributed by atoms with van der Waals surface area (Å²) in [6.07, 6.45) is 0.764. The van der Waals surface area contributed by atoms with Crippen molar-refractivity contribution in [3.8, 4) is 0 Å². The number of carbonyl (C=O) groups excluding carboxylic acids is 2. The minimum absolute atomic E-state index is 0.0804. The summed E-state index contributed by atoms with van der Waals surface area (Å²) in [6, 6.07) is 23.2. The largest absolute Gasteiger partial charge is 0.326 e. The van der Waals surface area contributed by atoms with Gasteiger partial charge in [0.05, 0.1) is 5.75 Å². The number of rotatable bonds is 8. The molecule has 1 heterocycles. The Morgan fingerprint density at radius 2 is 1.56 bits per heavy atom. The lowest BCUT2D eigenvalue weighted by molar-refractivity contribution is -0.116. The highest BCUT2D eigenvalue weighted by Gasteiger charge is 2.13. The van der Waals surface area contributed by atoms with Crippen LogP contribution in [0.1, 0.15) is 12.2 Å². The fourth-order valence-corrected chi connectivity index (χ4v) is 3.98. The van der Waals surface area contributed by atoms with Crippen LogP contribution < -0.4 is 10.6 Å². The van der Waals surface area contributed by atoms with E-state index in [1.54, 1.807) is 0 Å². The molecule has 32 heavy (non-hydrogen) atoms. The van der Waals surface area contributed by atoms with Gasteiger partial charge >= 0.3 is 0 Å². The molecule has 4 aromatic rings. The molecule has 0 aliphatic rings. The summed E-state index contributed by atoms with van der Waals surface area (Å²) in [6.45, 7) is 0. The van der Waals surface area contributed by atoms with Gasteiger partial charge in [-0.25, -0.2) is 0 Å². The van der Waals surface area contributed by atoms with E-state index in [1.807, 2.05) is 84.4 Å². The number of benzene rings is 3. The number of hydrogen-bond acceptors (Lipinski definition) is 5. The summed E-state index contributed by atoms with van der Waals surface area (Å²) in [7, 11) is 1.84. The van der Waals surface area contributed by atoms with Crippen molar-refractivity contribution in [2.45, 2.75) is 18.0 Å². The van der Waals surface area contributed by atoms with E-state index in [4.69, 9.17) is 0 Å². The zero-order valence-corrected chi connectivity index (χ0v) is 18.4. The van der Waals surface area contributed by atoms with Gasteiger partial charge in [0.15, 0.2) is 5.16 Å². The number of aryl methyl sites for hydroxylation is 1. The van der Waals surface area contributed by atoms with Crippen molar-refractivity contribution in [2.75, 3.05) is 16.4 Å². The van der Waals surface area contributed by atoms with E-state index in [-0.39, 0.29) is 17.6 Å². The highest BCUT2D eigenvalue weighted by atomic mass is 32.2. The number of anilines is 2. The van der Waals surface area contributed by atoms with Crippen LogP contribution in [-0.4, -0.2) is 32.3 Å². The van der Waals surface area contributed by atoms with Gasteiger partial charge in [0.25, 0.3) is 0 Å². The van der Waals surface area contributed by atoms with Crippen LogP contribution in [-0.2, 0) is 23.1 Å². The van der Waals surface area contributed by atoms with E-state index in [1.165, 1.54) is 11.8 Å². The summed E-state index contributed by atoms with van der Waals surface area (Å²) in [5.74, 6) is 0.721. The van der Waals surface area contributed by atoms with Crippen molar-refractivity contribution in [1.29, 1.82) is 0 Å². The molecule has 8 heteroatoms. The standard InChI is InChI=1S/C24H23N5O2S/c1-29-21(13-14-22(30)25-19-9-3-2-4-10-19)27-28-24(29)32-16-23(31)26-20-12-11-17-7-5-6-8-18(17)15-20/h2-12,15H,13-14,16H2,1H3,(H,25,30)(H,26,31). The summed E-state index contributed by atoms with van der Waals surface area (Å²) in [5.41, 5.74) is 1.53. The Balaban J connectivity index is 1.27. The molecule has 0 spiro atoms. The average Bonchev–Trinajstić information content (AvgIpc) is 3.16. The first-order chi connectivity index (χ1) is 15.6. The van der Waals surface area contributed by atoms with Crippen LogP contribution in [0.4, 0.5) is 11.4 Å². The zero-order valence-electron chi connectivity index (χ0n) is 17.6. The molecule has 162 valence electrons. The van der Waals surface area contributed by atoms with Gasteiger partial charge in [0.1, 0.15) is 5.82 Å². The Bertz CT molecular complexity index is 1240. The Morgan fingerprint density at radius 1 is 0.844 bits per heavy atom. The third kappa shape index (κ3) is 5.53. The van der Waals surface area contributed by atoms with Crippen molar-refractivity contribution in [3.63, 3.8) is 0 Å². The van der Waals surface area contributed by atoms with Crippen molar-refractivity contribution < 1.29 is 9.59 Å². The van der Waals surface area contributed by atoms with Crippen LogP contribution in [0.15, 0.2) is 78.0 Å². The van der Waals surface area contributed by atoms with Crippen LogP contribution in [0.5, 0.6) is 0 Å². The topological polar surface area (TPSA) is 88.9 Å². The molecule has 0 saturated heterocycles. The summed E-state index contributed by atoms with van der Waals surface area (Å²) >= 11 is 1.31. The van der Waals surface area contributed by atoms with Crippen molar-refractivity contribution >= 4 is 45.7 Å². The molecule has 0 unspecified atom stereocenters. The van der Waals surface area contributed by atoms with Gasteiger partial charge in [0.2, 0.25) is 11.8 Å². The van der Waals surface area contributed by atoms with Crippen molar-refractivity contribution in [2.24, 2.45) is 7.05 Å². The molecular weight excluding hydrogens is 422 g/mol. The van der Waals surface area contributed by atoms with Crippen molar-refractivity contribution in [3.05, 3.63) is 78.6 Å². The second-order valence-electron chi connectivity index (χ2n) is 7.27. The molecule has 0 aliphatic heterocycles. The Kier molecular flexibility index (Phi) is 6.81. The van der Waals surface area contributed by atoms with E-state index in [2.05, 4.69) is 20.8 Å². The molecule has 2 amide bonds. The predicted molar refractivity (Wildman–Crippen MR) is 128 cm³/mol. The van der Waals surface area contributed by atoms with Crippen LogP contribution in [0.25, 0.3) is 10.8 Å². The molecule has 1 aromatic heterocycles. The van der Waals surface area contributed by atoms with Gasteiger partial charge in [0, 0.05) is 31.3 Å². The van der Waals surface area contributed by atoms with E-state index in [0.29, 0.717) is 23.8 Å². The van der Waals surface area contributed by atoms with E-state index in [9.17, 15) is 9.59 Å². The quantitative estimate of drug-likeness (QED) is 0.396. The van der Waals surface area contributed by atoms with Gasteiger partial charge < -0.3 is 15.2 Å². The first-order valence-corrected chi connectivity index (χ1v) is 11.2. The predicted octanol–water partition coefficient (Wildman–Crippen LogP) is 4.27. The molecule has 0 bridgehead atoms. The molecule has 0 atom stereocenters. The highest BCUT2D eigenvalue weighted by Crippen LogP contribution is 2.20. The molecule has 0 radical (unpaired) electrons. The fourth-order valence-electron chi connectivity index (χ4n) is 3.25. The lowest BCUT2D eigenvalue weighted by Crippen LogP contribution is -2.15. The SMILES string of the molecule is Cn1c(CCC(=O)Nc2ccccc2)nnc1SCC(=O)Nc1ccc2ccccc2c1. The molecule has 7 nitrogen and oxygen atoms in total. The fraction of sp³-hybridized carbons (Fsp3) is 0.167. The number of amides is 2. The van der Waals surface area contributed by atoms with Crippen molar-refractivity contribution in [1.82, 2.24) is 14.8 Å². The van der Waals surface area contributed by atoms with Crippen LogP contribution in [0.2, 0.25) is 0 Å². The first-order valence-electron chi connectivity index (χ1n) is 10.2. The molecule has 2 N–H and O–H groups in total. The van der Waals surface area contributed by atoms with Crippen LogP contribution in [0, 0.1) is 0 Å². The van der Waals surface area contributed by atoms with Gasteiger partial charge in [-0.1, -0.05) is 60.3 Å². The van der Waals surface area contributed by atoms with Gasteiger partial charge in [-0.2, -0.15) is 0 Å². The van der Waals surface area contributed by atoms with E-state index < -0.39 is 0 Å². The monoisotopic (exact) mass is 445 g/mol. The second kappa shape index (κ2) is 10.1. The number of carbonyl (C=O) groups is 2. The van der Waals surface area contributed by atoms with E-state index in [0.717, 1.165) is 22.1 Å². The number of fused-ring (bicyclic) bond motifs is 1. The molecule has 0 saturated carbocycles. The number of hydrogen-bond donors (Lipinski definition) is 2. The van der Waals surface area contributed by atoms with Crippen LogP contribution >= 0.6 is 11.8 Å². The molecule has 0 aliphatic carbocycles. The highest BCUT2D eigenvalue weighted by molar-refractivity contribution is 7.99. The average molecular weight is 446 g/mol. The molecule has 0 fully saturated rings. The number of para-hydroxylation sites is 1. The number of nitrogens with one attached hydrogen (secondary N) is 2. The van der Waals surface area contributed by atoms with E-state index >= 15 is 0 Å². The Hall–Kier alpha value is -3.65. The Morgan fingerprint density at radius 3 is 2.38 bits per heavy atom. The van der Waals surface area contributed by atoms with Crippen LogP contribution in [0.3, 0.4) is 0 Å². The lowest BCUT2D eigenvalue weighted by atomic mass is 10.1. The second-order valence-corrected chi connectivity index (χ2v) is 8.21. The number of nitrogens with zero attached hydrogens (tertiary/aromatic N) is 3. The maximum atomic E-state index is 12.4. The minimum Gasteiger partial charge on any atom is -0.326 e. The molecule has 3 aromatic carbocycles. The normalized spacial score (nSPS) is 10.8. The third-order valence-corrected chi connectivity index (χ3v) is 5.94. The number of aromatic nitrogens is 3. The number of thioether (sulfide) groups is 1. The summed E-state index contributed by atoms with van der Waals surface area (Å²) < 4.78 is 1.82. The van der Waals surface area contributed by atoms with Gasteiger partial charge in [-0.15, -0.1) is 10.2 Å². The smallest absolute Gasteiger partial charge is 0.234 e.